The molecule has 1 fully saturated rings. The van der Waals surface area contributed by atoms with Crippen molar-refractivity contribution in [2.75, 3.05) is 18.8 Å². The first-order valence-corrected chi connectivity index (χ1v) is 12.1. The highest BCUT2D eigenvalue weighted by atomic mass is 35.5. The maximum Gasteiger partial charge on any atom is 0.255 e. The van der Waals surface area contributed by atoms with E-state index in [4.69, 9.17) is 16.0 Å². The molecule has 1 aliphatic rings. The Morgan fingerprint density at radius 2 is 1.93 bits per heavy atom. The first-order valence-electron chi connectivity index (χ1n) is 10.1. The molecule has 2 aromatic carbocycles. The summed E-state index contributed by atoms with van der Waals surface area (Å²) < 4.78 is 31.1. The Labute approximate surface area is 180 Å². The van der Waals surface area contributed by atoms with Crippen molar-refractivity contribution in [2.24, 2.45) is 0 Å². The van der Waals surface area contributed by atoms with Crippen LogP contribution in [-0.2, 0) is 9.84 Å². The van der Waals surface area contributed by atoms with Gasteiger partial charge in [0.25, 0.3) is 5.91 Å². The second-order valence-electron chi connectivity index (χ2n) is 7.55. The lowest BCUT2D eigenvalue weighted by atomic mass is 9.96. The molecule has 8 heteroatoms. The third kappa shape index (κ3) is 4.09. The molecule has 158 valence electrons. The number of piperidine rings is 1. The average molecular weight is 447 g/mol. The summed E-state index contributed by atoms with van der Waals surface area (Å²) in [5, 5.41) is 0.611. The summed E-state index contributed by atoms with van der Waals surface area (Å²) in [5.41, 5.74) is 1.68. The fraction of sp³-hybridized carbons (Fsp3) is 0.364. The topological polar surface area (TPSA) is 80.5 Å². The number of oxazole rings is 1. The van der Waals surface area contributed by atoms with Gasteiger partial charge in [-0.25, -0.2) is 13.4 Å². The molecule has 1 aromatic heterocycles. The Bertz CT molecular complexity index is 1180. The Morgan fingerprint density at radius 3 is 2.67 bits per heavy atom. The minimum Gasteiger partial charge on any atom is -0.440 e. The molecular formula is C22H23ClN2O4S. The van der Waals surface area contributed by atoms with Crippen LogP contribution in [0.3, 0.4) is 0 Å². The summed E-state index contributed by atoms with van der Waals surface area (Å²) in [7, 11) is -3.48. The molecule has 0 unspecified atom stereocenters. The van der Waals surface area contributed by atoms with Crippen LogP contribution in [-0.4, -0.2) is 43.1 Å². The van der Waals surface area contributed by atoms with Crippen molar-refractivity contribution < 1.29 is 17.6 Å². The summed E-state index contributed by atoms with van der Waals surface area (Å²) in [4.78, 5) is 19.5. The minimum absolute atomic E-state index is 0.0289. The number of likely N-dealkylation sites (tertiary alicyclic amines) is 1. The van der Waals surface area contributed by atoms with Gasteiger partial charge in [-0.3, -0.25) is 4.79 Å². The highest BCUT2D eigenvalue weighted by Crippen LogP contribution is 2.32. The zero-order valence-corrected chi connectivity index (χ0v) is 18.2. The van der Waals surface area contributed by atoms with E-state index in [1.54, 1.807) is 41.3 Å². The number of rotatable bonds is 5. The number of amides is 1. The molecular weight excluding hydrogens is 424 g/mol. The van der Waals surface area contributed by atoms with E-state index in [-0.39, 0.29) is 28.0 Å². The van der Waals surface area contributed by atoms with Gasteiger partial charge in [-0.05, 0) is 49.6 Å². The molecule has 2 heterocycles. The van der Waals surface area contributed by atoms with Gasteiger partial charge >= 0.3 is 0 Å². The third-order valence-electron chi connectivity index (χ3n) is 5.42. The molecule has 1 amide bonds. The van der Waals surface area contributed by atoms with Crippen LogP contribution in [0, 0.1) is 0 Å². The van der Waals surface area contributed by atoms with Gasteiger partial charge in [0.1, 0.15) is 5.52 Å². The summed E-state index contributed by atoms with van der Waals surface area (Å²) in [5.74, 6) is 0.554. The highest BCUT2D eigenvalue weighted by molar-refractivity contribution is 7.91. The van der Waals surface area contributed by atoms with Gasteiger partial charge in [-0.1, -0.05) is 30.7 Å². The quantitative estimate of drug-likeness (QED) is 0.568. The summed E-state index contributed by atoms with van der Waals surface area (Å²) in [6, 6.07) is 11.8. The monoisotopic (exact) mass is 446 g/mol. The first kappa shape index (κ1) is 20.9. The Kier molecular flexibility index (Phi) is 5.84. The molecule has 6 nitrogen and oxygen atoms in total. The van der Waals surface area contributed by atoms with Gasteiger partial charge in [0, 0.05) is 24.0 Å². The maximum atomic E-state index is 13.1. The molecule has 0 N–H and O–H groups in total. The van der Waals surface area contributed by atoms with E-state index < -0.39 is 9.84 Å². The smallest absolute Gasteiger partial charge is 0.255 e. The van der Waals surface area contributed by atoms with E-state index in [1.807, 2.05) is 6.92 Å². The predicted octanol–water partition coefficient (Wildman–Crippen LogP) is 4.68. The van der Waals surface area contributed by atoms with Crippen LogP contribution in [0.1, 0.15) is 48.4 Å². The van der Waals surface area contributed by atoms with Crippen molar-refractivity contribution in [3.63, 3.8) is 0 Å². The number of halogens is 1. The van der Waals surface area contributed by atoms with Crippen LogP contribution in [0.2, 0.25) is 5.02 Å². The van der Waals surface area contributed by atoms with Crippen LogP contribution in [0.15, 0.2) is 51.8 Å². The number of sulfone groups is 1. The SMILES string of the molecule is CCCS(=O)(=O)c1ccccc1C(=O)N1CCC(c2nc3cc(Cl)ccc3o2)CC1. The lowest BCUT2D eigenvalue weighted by Gasteiger charge is -2.31. The number of carbonyl (C=O) groups excluding carboxylic acids is 1. The molecule has 0 radical (unpaired) electrons. The normalized spacial score (nSPS) is 15.6. The summed E-state index contributed by atoms with van der Waals surface area (Å²) in [6.45, 7) is 2.85. The van der Waals surface area contributed by atoms with Crippen molar-refractivity contribution in [2.45, 2.75) is 37.0 Å². The zero-order valence-electron chi connectivity index (χ0n) is 16.7. The van der Waals surface area contributed by atoms with E-state index in [2.05, 4.69) is 4.98 Å². The standard InChI is InChI=1S/C22H23ClN2O4S/c1-2-13-30(27,28)20-6-4-3-5-17(20)22(26)25-11-9-15(10-12-25)21-24-18-14-16(23)7-8-19(18)29-21/h3-8,14-15H,2,9-13H2,1H3. The molecule has 0 bridgehead atoms. The van der Waals surface area contributed by atoms with Gasteiger partial charge in [-0.2, -0.15) is 0 Å². The fourth-order valence-electron chi connectivity index (χ4n) is 3.89. The van der Waals surface area contributed by atoms with Crippen LogP contribution >= 0.6 is 11.6 Å². The molecule has 1 saturated heterocycles. The number of hydrogen-bond donors (Lipinski definition) is 0. The van der Waals surface area contributed by atoms with Gasteiger partial charge < -0.3 is 9.32 Å². The van der Waals surface area contributed by atoms with Crippen LogP contribution in [0.5, 0.6) is 0 Å². The fourth-order valence-corrected chi connectivity index (χ4v) is 5.59. The zero-order chi connectivity index (χ0) is 21.3. The van der Waals surface area contributed by atoms with Gasteiger partial charge in [0.15, 0.2) is 21.3 Å². The highest BCUT2D eigenvalue weighted by Gasteiger charge is 2.30. The van der Waals surface area contributed by atoms with Gasteiger partial charge in [0.05, 0.1) is 16.2 Å². The lowest BCUT2D eigenvalue weighted by Crippen LogP contribution is -2.38. The molecule has 0 aliphatic carbocycles. The van der Waals surface area contributed by atoms with Crippen molar-refractivity contribution >= 4 is 38.4 Å². The van der Waals surface area contributed by atoms with Crippen LogP contribution in [0.25, 0.3) is 11.1 Å². The van der Waals surface area contributed by atoms with Crippen molar-refractivity contribution in [1.29, 1.82) is 0 Å². The molecule has 4 rings (SSSR count). The van der Waals surface area contributed by atoms with Crippen molar-refractivity contribution in [3.05, 3.63) is 58.9 Å². The first-order chi connectivity index (χ1) is 14.4. The second-order valence-corrected chi connectivity index (χ2v) is 10.1. The van der Waals surface area contributed by atoms with E-state index in [9.17, 15) is 13.2 Å². The number of hydrogen-bond acceptors (Lipinski definition) is 5. The summed E-state index contributed by atoms with van der Waals surface area (Å²) >= 11 is 6.02. The van der Waals surface area contributed by atoms with Gasteiger partial charge in [-0.15, -0.1) is 0 Å². The Balaban J connectivity index is 1.50. The van der Waals surface area contributed by atoms with E-state index in [0.29, 0.717) is 48.8 Å². The van der Waals surface area contributed by atoms with Gasteiger partial charge in [0.2, 0.25) is 0 Å². The molecule has 0 saturated carbocycles. The van der Waals surface area contributed by atoms with E-state index in [1.165, 1.54) is 6.07 Å². The van der Waals surface area contributed by atoms with Crippen molar-refractivity contribution in [3.8, 4) is 0 Å². The number of aromatic nitrogens is 1. The molecule has 30 heavy (non-hydrogen) atoms. The van der Waals surface area contributed by atoms with Crippen LogP contribution < -0.4 is 0 Å². The number of benzene rings is 2. The molecule has 0 atom stereocenters. The number of nitrogens with zero attached hydrogens (tertiary/aromatic N) is 2. The number of fused-ring (bicyclic) bond motifs is 1. The molecule has 1 aliphatic heterocycles. The van der Waals surface area contributed by atoms with Crippen molar-refractivity contribution in [1.82, 2.24) is 9.88 Å². The summed E-state index contributed by atoms with van der Waals surface area (Å²) in [6.07, 6.45) is 1.91. The van der Waals surface area contributed by atoms with E-state index in [0.717, 1.165) is 5.52 Å². The third-order valence-corrected chi connectivity index (χ3v) is 7.63. The minimum atomic E-state index is -3.48. The Morgan fingerprint density at radius 1 is 1.20 bits per heavy atom. The predicted molar refractivity (Wildman–Crippen MR) is 116 cm³/mol. The maximum absolute atomic E-state index is 13.1. The molecule has 0 spiro atoms. The van der Waals surface area contributed by atoms with E-state index >= 15 is 0 Å². The lowest BCUT2D eigenvalue weighted by molar-refractivity contribution is 0.0703. The largest absolute Gasteiger partial charge is 0.440 e. The number of carbonyl (C=O) groups is 1. The van der Waals surface area contributed by atoms with Crippen LogP contribution in [0.4, 0.5) is 0 Å². The second kappa shape index (κ2) is 8.40. The average Bonchev–Trinajstić information content (AvgIpc) is 3.16. The molecule has 3 aromatic rings. The Hall–Kier alpha value is -2.38.